The monoisotopic (exact) mass is 211 g/mol. The van der Waals surface area contributed by atoms with Crippen LogP contribution in [0.1, 0.15) is 18.5 Å². The Morgan fingerprint density at radius 3 is 1.80 bits per heavy atom. The number of nitrogens with zero attached hydrogens (tertiary/aromatic N) is 2. The van der Waals surface area contributed by atoms with Crippen molar-refractivity contribution in [3.05, 3.63) is 44.0 Å². The number of non-ortho nitro benzene ring substituents is 2. The van der Waals surface area contributed by atoms with E-state index >= 15 is 0 Å². The minimum Gasteiger partial charge on any atom is -0.324 e. The lowest BCUT2D eigenvalue weighted by molar-refractivity contribution is -0.394. The van der Waals surface area contributed by atoms with Gasteiger partial charge in [0.25, 0.3) is 11.4 Å². The zero-order valence-electron chi connectivity index (χ0n) is 7.91. The Kier molecular flexibility index (Phi) is 2.96. The Balaban J connectivity index is 3.32. The van der Waals surface area contributed by atoms with Gasteiger partial charge in [0.2, 0.25) is 0 Å². The van der Waals surface area contributed by atoms with Crippen molar-refractivity contribution in [1.29, 1.82) is 0 Å². The summed E-state index contributed by atoms with van der Waals surface area (Å²) >= 11 is 0. The van der Waals surface area contributed by atoms with Crippen LogP contribution in [0.5, 0.6) is 0 Å². The first-order valence-corrected chi connectivity index (χ1v) is 4.11. The van der Waals surface area contributed by atoms with Gasteiger partial charge in [-0.25, -0.2) is 0 Å². The van der Waals surface area contributed by atoms with Crippen molar-refractivity contribution in [3.8, 4) is 0 Å². The average molecular weight is 211 g/mol. The standard InChI is InChI=1S/C8H9N3O4/c1-5(9)6-2-7(10(12)13)4-8(3-6)11(14)15/h2-5H,9H2,1H3/t5-/m0/s1. The van der Waals surface area contributed by atoms with Crippen molar-refractivity contribution in [2.75, 3.05) is 0 Å². The highest BCUT2D eigenvalue weighted by Crippen LogP contribution is 2.25. The number of nitrogens with two attached hydrogens (primary N) is 1. The minimum absolute atomic E-state index is 0.323. The molecule has 0 saturated heterocycles. The van der Waals surface area contributed by atoms with E-state index in [1.54, 1.807) is 6.92 Å². The minimum atomic E-state index is -0.682. The predicted octanol–water partition coefficient (Wildman–Crippen LogP) is 1.52. The second kappa shape index (κ2) is 4.01. The van der Waals surface area contributed by atoms with Gasteiger partial charge >= 0.3 is 0 Å². The largest absolute Gasteiger partial charge is 0.324 e. The van der Waals surface area contributed by atoms with Gasteiger partial charge in [-0.05, 0) is 12.5 Å². The zero-order chi connectivity index (χ0) is 11.6. The highest BCUT2D eigenvalue weighted by Gasteiger charge is 2.17. The van der Waals surface area contributed by atoms with E-state index in [-0.39, 0.29) is 11.4 Å². The molecule has 15 heavy (non-hydrogen) atoms. The van der Waals surface area contributed by atoms with Crippen molar-refractivity contribution in [1.82, 2.24) is 0 Å². The highest BCUT2D eigenvalue weighted by molar-refractivity contribution is 5.47. The molecule has 80 valence electrons. The van der Waals surface area contributed by atoms with Crippen LogP contribution in [0, 0.1) is 20.2 Å². The van der Waals surface area contributed by atoms with Crippen molar-refractivity contribution in [2.45, 2.75) is 13.0 Å². The first-order chi connectivity index (χ1) is 6.91. The third kappa shape index (κ3) is 2.47. The predicted molar refractivity (Wildman–Crippen MR) is 52.4 cm³/mol. The molecule has 0 spiro atoms. The van der Waals surface area contributed by atoms with Crippen molar-refractivity contribution >= 4 is 11.4 Å². The molecule has 1 aromatic rings. The Morgan fingerprint density at radius 2 is 1.53 bits per heavy atom. The summed E-state index contributed by atoms with van der Waals surface area (Å²) in [7, 11) is 0. The molecule has 0 saturated carbocycles. The third-order valence-electron chi connectivity index (χ3n) is 1.87. The van der Waals surface area contributed by atoms with Gasteiger partial charge in [-0.3, -0.25) is 20.2 Å². The summed E-state index contributed by atoms with van der Waals surface area (Å²) < 4.78 is 0. The van der Waals surface area contributed by atoms with Crippen LogP contribution in [0.2, 0.25) is 0 Å². The molecule has 7 nitrogen and oxygen atoms in total. The Morgan fingerprint density at radius 1 is 1.13 bits per heavy atom. The molecule has 1 atom stereocenters. The zero-order valence-corrected chi connectivity index (χ0v) is 7.91. The van der Waals surface area contributed by atoms with Crippen LogP contribution in [0.25, 0.3) is 0 Å². The maximum Gasteiger partial charge on any atom is 0.276 e. The Hall–Kier alpha value is -2.02. The highest BCUT2D eigenvalue weighted by atomic mass is 16.6. The van der Waals surface area contributed by atoms with Crippen LogP contribution in [-0.2, 0) is 0 Å². The van der Waals surface area contributed by atoms with E-state index in [2.05, 4.69) is 0 Å². The quantitative estimate of drug-likeness (QED) is 0.601. The third-order valence-corrected chi connectivity index (χ3v) is 1.87. The molecular weight excluding hydrogens is 202 g/mol. The molecule has 0 unspecified atom stereocenters. The fraction of sp³-hybridized carbons (Fsp3) is 0.250. The summed E-state index contributed by atoms with van der Waals surface area (Å²) in [6.07, 6.45) is 0. The van der Waals surface area contributed by atoms with E-state index in [1.165, 1.54) is 12.1 Å². The molecule has 0 aliphatic rings. The van der Waals surface area contributed by atoms with Crippen LogP contribution in [-0.4, -0.2) is 9.85 Å². The van der Waals surface area contributed by atoms with Crippen LogP contribution < -0.4 is 5.73 Å². The second-order valence-electron chi connectivity index (χ2n) is 3.09. The summed E-state index contributed by atoms with van der Waals surface area (Å²) in [5, 5.41) is 21.0. The molecule has 0 radical (unpaired) electrons. The van der Waals surface area contributed by atoms with E-state index in [1.807, 2.05) is 0 Å². The smallest absolute Gasteiger partial charge is 0.276 e. The van der Waals surface area contributed by atoms with E-state index < -0.39 is 15.9 Å². The fourth-order valence-corrected chi connectivity index (χ4v) is 1.09. The lowest BCUT2D eigenvalue weighted by Gasteiger charge is -2.04. The Labute approximate surface area is 84.8 Å². The van der Waals surface area contributed by atoms with Crippen molar-refractivity contribution < 1.29 is 9.85 Å². The lowest BCUT2D eigenvalue weighted by atomic mass is 10.1. The van der Waals surface area contributed by atoms with Gasteiger partial charge in [0.15, 0.2) is 0 Å². The van der Waals surface area contributed by atoms with E-state index in [4.69, 9.17) is 5.73 Å². The number of rotatable bonds is 3. The molecular formula is C8H9N3O4. The summed E-state index contributed by atoms with van der Waals surface area (Å²) in [5.74, 6) is 0. The fourth-order valence-electron chi connectivity index (χ4n) is 1.09. The summed E-state index contributed by atoms with van der Waals surface area (Å²) in [4.78, 5) is 19.6. The molecule has 0 heterocycles. The maximum absolute atomic E-state index is 10.5. The average Bonchev–Trinajstić information content (AvgIpc) is 2.16. The Bertz CT molecular complexity index is 384. The first-order valence-electron chi connectivity index (χ1n) is 4.11. The molecule has 1 rings (SSSR count). The molecule has 2 N–H and O–H groups in total. The number of hydrogen-bond acceptors (Lipinski definition) is 5. The van der Waals surface area contributed by atoms with Crippen molar-refractivity contribution in [3.63, 3.8) is 0 Å². The van der Waals surface area contributed by atoms with Gasteiger partial charge in [-0.2, -0.15) is 0 Å². The molecule has 0 fully saturated rings. The van der Waals surface area contributed by atoms with Crippen LogP contribution in [0.15, 0.2) is 18.2 Å². The number of hydrogen-bond donors (Lipinski definition) is 1. The molecule has 0 aromatic heterocycles. The van der Waals surface area contributed by atoms with Gasteiger partial charge in [0.05, 0.1) is 15.9 Å². The van der Waals surface area contributed by atoms with Gasteiger partial charge in [-0.1, -0.05) is 0 Å². The number of benzene rings is 1. The van der Waals surface area contributed by atoms with E-state index in [0.29, 0.717) is 5.56 Å². The van der Waals surface area contributed by atoms with Gasteiger partial charge in [0.1, 0.15) is 0 Å². The SMILES string of the molecule is C[C@H](N)c1cc([N+](=O)[O-])cc([N+](=O)[O-])c1. The molecule has 1 aromatic carbocycles. The van der Waals surface area contributed by atoms with Gasteiger partial charge < -0.3 is 5.73 Å². The summed E-state index contributed by atoms with van der Waals surface area (Å²) in [6.45, 7) is 1.60. The lowest BCUT2D eigenvalue weighted by Crippen LogP contribution is -2.06. The number of nitro benzene ring substituents is 2. The molecule has 0 aliphatic heterocycles. The van der Waals surface area contributed by atoms with Gasteiger partial charge in [-0.15, -0.1) is 0 Å². The van der Waals surface area contributed by atoms with Gasteiger partial charge in [0, 0.05) is 18.2 Å². The van der Waals surface area contributed by atoms with Crippen LogP contribution in [0.4, 0.5) is 11.4 Å². The number of nitro groups is 2. The normalized spacial score (nSPS) is 12.1. The molecule has 0 amide bonds. The van der Waals surface area contributed by atoms with E-state index in [9.17, 15) is 20.2 Å². The van der Waals surface area contributed by atoms with Crippen LogP contribution in [0.3, 0.4) is 0 Å². The topological polar surface area (TPSA) is 112 Å². The molecule has 0 bridgehead atoms. The maximum atomic E-state index is 10.5. The van der Waals surface area contributed by atoms with Crippen LogP contribution >= 0.6 is 0 Å². The summed E-state index contributed by atoms with van der Waals surface area (Å²) in [5.41, 5.74) is 5.23. The first kappa shape index (κ1) is 11.1. The van der Waals surface area contributed by atoms with Crippen molar-refractivity contribution in [2.24, 2.45) is 5.73 Å². The summed E-state index contributed by atoms with van der Waals surface area (Å²) in [6, 6.07) is 2.89. The van der Waals surface area contributed by atoms with E-state index in [0.717, 1.165) is 6.07 Å². The molecule has 0 aliphatic carbocycles. The second-order valence-corrected chi connectivity index (χ2v) is 3.09. The molecule has 7 heteroatoms.